The number of amides is 1. The van der Waals surface area contributed by atoms with E-state index >= 15 is 0 Å². The lowest BCUT2D eigenvalue weighted by atomic mass is 9.50. The van der Waals surface area contributed by atoms with Gasteiger partial charge >= 0.3 is 12.1 Å². The summed E-state index contributed by atoms with van der Waals surface area (Å²) in [5.41, 5.74) is -0.633. The molecule has 2 saturated carbocycles. The molecule has 1 aliphatic heterocycles. The summed E-state index contributed by atoms with van der Waals surface area (Å²) in [5, 5.41) is 20.9. The van der Waals surface area contributed by atoms with Crippen molar-refractivity contribution >= 4 is 11.9 Å². The van der Waals surface area contributed by atoms with Gasteiger partial charge in [-0.1, -0.05) is 13.0 Å². The highest BCUT2D eigenvalue weighted by Gasteiger charge is 2.55. The fourth-order valence-corrected chi connectivity index (χ4v) is 5.53. The van der Waals surface area contributed by atoms with Crippen molar-refractivity contribution in [2.45, 2.75) is 76.6 Å². The summed E-state index contributed by atoms with van der Waals surface area (Å²) in [6.45, 7) is 5.48. The Hall–Kier alpha value is -2.33. The zero-order valence-electron chi connectivity index (χ0n) is 20.7. The van der Waals surface area contributed by atoms with Crippen LogP contribution < -0.4 is 5.32 Å². The first-order valence-electron chi connectivity index (χ1n) is 12.7. The van der Waals surface area contributed by atoms with Gasteiger partial charge in [-0.15, -0.1) is 0 Å². The van der Waals surface area contributed by atoms with Crippen molar-refractivity contribution in [2.24, 2.45) is 11.3 Å². The van der Waals surface area contributed by atoms with E-state index in [0.29, 0.717) is 12.7 Å². The largest absolute Gasteiger partial charge is 0.508 e. The highest BCUT2D eigenvalue weighted by atomic mass is 19.4. The smallest absolute Gasteiger partial charge is 0.416 e. The van der Waals surface area contributed by atoms with Gasteiger partial charge in [0.05, 0.1) is 17.5 Å². The Morgan fingerprint density at radius 1 is 1.17 bits per heavy atom. The standard InChI is InChI=1S/C19H32N2O4.C7H5F3O/c1-2-8-25-9-5-16(21-6-3-4-7-21)17(22)20-15-12-19(13-15)10-14(11-19)18(23)24;8-7(9,10)5-2-1-3-6(11)4-5/h14-16H,2-13H2,1H3,(H,20,22)(H,23,24);1-4,11H. The molecule has 1 spiro atoms. The van der Waals surface area contributed by atoms with Crippen LogP contribution in [-0.2, 0) is 20.5 Å². The van der Waals surface area contributed by atoms with Crippen LogP contribution in [0.4, 0.5) is 13.2 Å². The van der Waals surface area contributed by atoms with Gasteiger partial charge in [0.15, 0.2) is 0 Å². The number of alkyl halides is 3. The van der Waals surface area contributed by atoms with Gasteiger partial charge in [0.1, 0.15) is 5.75 Å². The highest BCUT2D eigenvalue weighted by molar-refractivity contribution is 5.82. The first kappa shape index (κ1) is 28.2. The normalized spacial score (nSPS) is 26.3. The lowest BCUT2D eigenvalue weighted by molar-refractivity contribution is -0.157. The van der Waals surface area contributed by atoms with Crippen molar-refractivity contribution in [1.29, 1.82) is 0 Å². The number of carbonyl (C=O) groups excluding carboxylic acids is 1. The number of nitrogens with zero attached hydrogens (tertiary/aromatic N) is 1. The third-order valence-corrected chi connectivity index (χ3v) is 7.35. The minimum atomic E-state index is -4.38. The molecule has 0 bridgehead atoms. The summed E-state index contributed by atoms with van der Waals surface area (Å²) in [7, 11) is 0. The zero-order chi connectivity index (χ0) is 26.3. The topological polar surface area (TPSA) is 99.1 Å². The molecule has 1 saturated heterocycles. The van der Waals surface area contributed by atoms with Crippen LogP contribution in [0, 0.1) is 11.3 Å². The molecule has 1 amide bonds. The number of rotatable bonds is 9. The number of carboxylic acids is 1. The molecule has 1 aromatic rings. The van der Waals surface area contributed by atoms with Crippen molar-refractivity contribution in [3.8, 4) is 5.75 Å². The van der Waals surface area contributed by atoms with Gasteiger partial charge in [-0.25, -0.2) is 0 Å². The molecule has 7 nitrogen and oxygen atoms in total. The Bertz CT molecular complexity index is 875. The third kappa shape index (κ3) is 7.59. The number of aliphatic carboxylic acids is 1. The molecule has 0 radical (unpaired) electrons. The van der Waals surface area contributed by atoms with Crippen molar-refractivity contribution in [3.63, 3.8) is 0 Å². The first-order valence-corrected chi connectivity index (χ1v) is 12.7. The second kappa shape index (κ2) is 12.3. The number of ether oxygens (including phenoxy) is 1. The Morgan fingerprint density at radius 2 is 1.83 bits per heavy atom. The van der Waals surface area contributed by atoms with E-state index in [4.69, 9.17) is 14.9 Å². The van der Waals surface area contributed by atoms with Gasteiger partial charge in [0.25, 0.3) is 0 Å². The predicted octanol–water partition coefficient (Wildman–Crippen LogP) is 4.44. The van der Waals surface area contributed by atoms with Crippen molar-refractivity contribution in [2.75, 3.05) is 26.3 Å². The number of phenolic OH excluding ortho intramolecular Hbond substituents is 1. The number of carboxylic acid groups (broad SMARTS) is 1. The number of hydrogen-bond donors (Lipinski definition) is 3. The highest BCUT2D eigenvalue weighted by Crippen LogP contribution is 2.58. The molecule has 0 aromatic heterocycles. The summed E-state index contributed by atoms with van der Waals surface area (Å²) >= 11 is 0. The van der Waals surface area contributed by atoms with Gasteiger partial charge in [-0.2, -0.15) is 13.2 Å². The van der Waals surface area contributed by atoms with Crippen LogP contribution in [0.3, 0.4) is 0 Å². The molecule has 4 rings (SSSR count). The molecule has 10 heteroatoms. The average Bonchev–Trinajstić information content (AvgIpc) is 3.28. The maximum absolute atomic E-state index is 12.8. The number of carbonyl (C=O) groups is 2. The van der Waals surface area contributed by atoms with Crippen LogP contribution >= 0.6 is 0 Å². The maximum atomic E-state index is 12.8. The van der Waals surface area contributed by atoms with E-state index in [1.165, 1.54) is 18.9 Å². The Balaban J connectivity index is 0.000000275. The molecule has 36 heavy (non-hydrogen) atoms. The summed E-state index contributed by atoms with van der Waals surface area (Å²) < 4.78 is 41.2. The van der Waals surface area contributed by atoms with E-state index in [2.05, 4.69) is 17.1 Å². The predicted molar refractivity (Wildman–Crippen MR) is 127 cm³/mol. The summed E-state index contributed by atoms with van der Waals surface area (Å²) in [4.78, 5) is 26.0. The minimum absolute atomic E-state index is 0.0796. The fourth-order valence-electron chi connectivity index (χ4n) is 5.53. The van der Waals surface area contributed by atoms with E-state index in [1.54, 1.807) is 0 Å². The molecule has 3 fully saturated rings. The van der Waals surface area contributed by atoms with Gasteiger partial charge in [-0.05, 0) is 88.1 Å². The van der Waals surface area contributed by atoms with E-state index in [9.17, 15) is 22.8 Å². The number of likely N-dealkylation sites (tertiary alicyclic amines) is 1. The van der Waals surface area contributed by atoms with Crippen LogP contribution in [0.1, 0.15) is 63.9 Å². The number of halogens is 3. The number of nitrogens with one attached hydrogen (secondary N) is 1. The quantitative estimate of drug-likeness (QED) is 0.422. The third-order valence-electron chi connectivity index (χ3n) is 7.35. The van der Waals surface area contributed by atoms with Crippen LogP contribution in [0.2, 0.25) is 0 Å². The molecule has 1 atom stereocenters. The van der Waals surface area contributed by atoms with E-state index < -0.39 is 17.7 Å². The average molecular weight is 515 g/mol. The van der Waals surface area contributed by atoms with Crippen molar-refractivity contribution in [3.05, 3.63) is 29.8 Å². The number of benzene rings is 1. The molecule has 202 valence electrons. The number of aromatic hydroxyl groups is 1. The minimum Gasteiger partial charge on any atom is -0.508 e. The number of phenols is 1. The second-order valence-corrected chi connectivity index (χ2v) is 10.3. The van der Waals surface area contributed by atoms with Gasteiger partial charge in [-0.3, -0.25) is 14.5 Å². The molecule has 1 heterocycles. The Labute approximate surface area is 210 Å². The van der Waals surface area contributed by atoms with Crippen LogP contribution in [-0.4, -0.2) is 65.4 Å². The van der Waals surface area contributed by atoms with E-state index in [0.717, 1.165) is 70.4 Å². The molecule has 3 N–H and O–H groups in total. The molecule has 3 aliphatic rings. The summed E-state index contributed by atoms with van der Waals surface area (Å²) in [5.74, 6) is -1.07. The maximum Gasteiger partial charge on any atom is 0.416 e. The monoisotopic (exact) mass is 514 g/mol. The summed E-state index contributed by atoms with van der Waals surface area (Å²) in [6, 6.07) is 4.07. The lowest BCUT2D eigenvalue weighted by Crippen LogP contribution is -2.59. The molecule has 1 unspecified atom stereocenters. The fraction of sp³-hybridized carbons (Fsp3) is 0.692. The van der Waals surface area contributed by atoms with E-state index in [1.807, 2.05) is 0 Å². The van der Waals surface area contributed by atoms with Crippen molar-refractivity contribution in [1.82, 2.24) is 10.2 Å². The van der Waals surface area contributed by atoms with Gasteiger partial charge in [0.2, 0.25) is 5.91 Å². The Morgan fingerprint density at radius 3 is 2.36 bits per heavy atom. The molecular formula is C26H37F3N2O5. The molecular weight excluding hydrogens is 477 g/mol. The van der Waals surface area contributed by atoms with Crippen LogP contribution in [0.15, 0.2) is 24.3 Å². The van der Waals surface area contributed by atoms with Crippen LogP contribution in [0.25, 0.3) is 0 Å². The van der Waals surface area contributed by atoms with Gasteiger partial charge in [0, 0.05) is 19.3 Å². The van der Waals surface area contributed by atoms with Gasteiger partial charge < -0.3 is 20.3 Å². The zero-order valence-corrected chi connectivity index (χ0v) is 20.7. The second-order valence-electron chi connectivity index (χ2n) is 10.3. The molecule has 2 aliphatic carbocycles. The van der Waals surface area contributed by atoms with Crippen molar-refractivity contribution < 1.29 is 37.7 Å². The lowest BCUT2D eigenvalue weighted by Gasteiger charge is -2.56. The van der Waals surface area contributed by atoms with Crippen LogP contribution in [0.5, 0.6) is 5.75 Å². The Kier molecular flexibility index (Phi) is 9.63. The summed E-state index contributed by atoms with van der Waals surface area (Å²) in [6.07, 6.45) is 3.18. The van der Waals surface area contributed by atoms with E-state index in [-0.39, 0.29) is 35.1 Å². The first-order chi connectivity index (χ1) is 17.0. The number of hydrogen-bond acceptors (Lipinski definition) is 5. The molecule has 1 aromatic carbocycles. The SMILES string of the molecule is CCCOCCC(C(=O)NC1CC2(C1)CC(C(=O)O)C2)N1CCCC1.Oc1cccc(C(F)(F)F)c1.